The zero-order chi connectivity index (χ0) is 10.9. The third-order valence-electron chi connectivity index (χ3n) is 1.53. The summed E-state index contributed by atoms with van der Waals surface area (Å²) in [5.41, 5.74) is 0. The van der Waals surface area contributed by atoms with Gasteiger partial charge in [-0.3, -0.25) is 4.79 Å². The molecule has 1 aromatic carbocycles. The van der Waals surface area contributed by atoms with Crippen molar-refractivity contribution in [1.82, 2.24) is 5.32 Å². The number of carbonyl (C=O) groups excluding carboxylic acids is 1. The normalized spacial score (nSPS) is 9.80. The summed E-state index contributed by atoms with van der Waals surface area (Å²) in [4.78, 5) is 12.2. The maximum atomic E-state index is 11.1. The Morgan fingerprint density at radius 3 is 2.87 bits per heavy atom. The van der Waals surface area contributed by atoms with E-state index in [-0.39, 0.29) is 12.5 Å². The van der Waals surface area contributed by atoms with E-state index in [9.17, 15) is 4.79 Å². The second kappa shape index (κ2) is 6.74. The van der Waals surface area contributed by atoms with Crippen molar-refractivity contribution in [2.24, 2.45) is 0 Å². The number of benzene rings is 1. The molecule has 0 unspecified atom stereocenters. The topological polar surface area (TPSA) is 29.1 Å². The Labute approximate surface area is 93.8 Å². The van der Waals surface area contributed by atoms with Gasteiger partial charge in [0.25, 0.3) is 0 Å². The van der Waals surface area contributed by atoms with Crippen LogP contribution in [0.15, 0.2) is 46.7 Å². The van der Waals surface area contributed by atoms with Crippen molar-refractivity contribution in [3.05, 3.63) is 41.8 Å². The van der Waals surface area contributed by atoms with Crippen molar-refractivity contribution in [1.29, 1.82) is 0 Å². The number of hydrogen-bond acceptors (Lipinski definition) is 2. The smallest absolute Gasteiger partial charge is 0.245 e. The molecule has 0 atom stereocenters. The van der Waals surface area contributed by atoms with E-state index < -0.39 is 0 Å². The van der Waals surface area contributed by atoms with Gasteiger partial charge in [-0.05, 0) is 17.5 Å². The third-order valence-corrected chi connectivity index (χ3v) is 2.35. The highest BCUT2D eigenvalue weighted by Gasteiger charge is 1.91. The number of hydrogen-bond donors (Lipinski definition) is 1. The summed E-state index contributed by atoms with van der Waals surface area (Å²) < 4.78 is 0. The minimum Gasteiger partial charge on any atom is -0.342 e. The minimum atomic E-state index is -0.170. The van der Waals surface area contributed by atoms with Crippen LogP contribution in [0.5, 0.6) is 0 Å². The lowest BCUT2D eigenvalue weighted by atomic mass is 10.4. The first-order chi connectivity index (χ1) is 7.33. The maximum absolute atomic E-state index is 11.1. The standard InChI is InChI=1S/C12H11NOS/c1-2-9-13-12(14)8-10-15-11-6-4-3-5-7-11/h1,3-8,10H,9H2,(H,13,14)/b10-8+. The van der Waals surface area contributed by atoms with Crippen molar-refractivity contribution in [3.8, 4) is 12.3 Å². The van der Waals surface area contributed by atoms with Crippen LogP contribution in [0.2, 0.25) is 0 Å². The molecule has 3 heteroatoms. The molecule has 0 aliphatic carbocycles. The van der Waals surface area contributed by atoms with E-state index in [4.69, 9.17) is 6.42 Å². The Morgan fingerprint density at radius 2 is 2.20 bits per heavy atom. The average molecular weight is 217 g/mol. The second-order valence-electron chi connectivity index (χ2n) is 2.66. The fourth-order valence-corrected chi connectivity index (χ4v) is 1.53. The number of thioether (sulfide) groups is 1. The summed E-state index contributed by atoms with van der Waals surface area (Å²) in [6, 6.07) is 9.82. The van der Waals surface area contributed by atoms with E-state index in [0.717, 1.165) is 4.90 Å². The molecule has 0 heterocycles. The summed E-state index contributed by atoms with van der Waals surface area (Å²) >= 11 is 1.49. The molecule has 0 bridgehead atoms. The molecule has 0 saturated heterocycles. The van der Waals surface area contributed by atoms with Crippen LogP contribution < -0.4 is 5.32 Å². The van der Waals surface area contributed by atoms with Gasteiger partial charge in [-0.15, -0.1) is 6.42 Å². The molecule has 0 aliphatic heterocycles. The van der Waals surface area contributed by atoms with Gasteiger partial charge in [0.15, 0.2) is 0 Å². The number of nitrogens with one attached hydrogen (secondary N) is 1. The van der Waals surface area contributed by atoms with Gasteiger partial charge in [0.2, 0.25) is 5.91 Å². The molecule has 76 valence electrons. The molecule has 0 aliphatic rings. The first-order valence-corrected chi connectivity index (χ1v) is 5.30. The Morgan fingerprint density at radius 1 is 1.47 bits per heavy atom. The monoisotopic (exact) mass is 217 g/mol. The number of rotatable bonds is 4. The number of amides is 1. The third kappa shape index (κ3) is 4.94. The Bertz CT molecular complexity index is 378. The van der Waals surface area contributed by atoms with Gasteiger partial charge in [0.05, 0.1) is 6.54 Å². The van der Waals surface area contributed by atoms with Gasteiger partial charge < -0.3 is 5.32 Å². The van der Waals surface area contributed by atoms with Crippen LogP contribution in [0.1, 0.15) is 0 Å². The van der Waals surface area contributed by atoms with Crippen molar-refractivity contribution >= 4 is 17.7 Å². The van der Waals surface area contributed by atoms with Crippen LogP contribution in [-0.2, 0) is 4.79 Å². The molecular formula is C12H11NOS. The zero-order valence-electron chi connectivity index (χ0n) is 8.14. The molecule has 1 aromatic rings. The van der Waals surface area contributed by atoms with Gasteiger partial charge in [0.1, 0.15) is 0 Å². The van der Waals surface area contributed by atoms with Gasteiger partial charge >= 0.3 is 0 Å². The summed E-state index contributed by atoms with van der Waals surface area (Å²) in [6.45, 7) is 0.263. The lowest BCUT2D eigenvalue weighted by Crippen LogP contribution is -2.20. The van der Waals surface area contributed by atoms with Crippen LogP contribution in [-0.4, -0.2) is 12.5 Å². The number of terminal acetylenes is 1. The molecule has 0 spiro atoms. The molecule has 0 aromatic heterocycles. The van der Waals surface area contributed by atoms with Crippen molar-refractivity contribution in [2.45, 2.75) is 4.90 Å². The quantitative estimate of drug-likeness (QED) is 0.475. The van der Waals surface area contributed by atoms with Gasteiger partial charge in [-0.2, -0.15) is 0 Å². The lowest BCUT2D eigenvalue weighted by Gasteiger charge is -1.95. The highest BCUT2D eigenvalue weighted by molar-refractivity contribution is 8.02. The van der Waals surface area contributed by atoms with Crippen LogP contribution in [0.4, 0.5) is 0 Å². The van der Waals surface area contributed by atoms with Crippen molar-refractivity contribution < 1.29 is 4.79 Å². The van der Waals surface area contributed by atoms with E-state index in [1.54, 1.807) is 5.41 Å². The van der Waals surface area contributed by atoms with Crippen LogP contribution in [0.3, 0.4) is 0 Å². The molecule has 1 rings (SSSR count). The molecule has 0 radical (unpaired) electrons. The SMILES string of the molecule is C#CCNC(=O)/C=C/Sc1ccccc1. The summed E-state index contributed by atoms with van der Waals surface area (Å²) in [7, 11) is 0. The predicted molar refractivity (Wildman–Crippen MR) is 63.3 cm³/mol. The van der Waals surface area contributed by atoms with Gasteiger partial charge in [-0.1, -0.05) is 35.9 Å². The number of carbonyl (C=O) groups is 1. The van der Waals surface area contributed by atoms with E-state index in [1.807, 2.05) is 30.3 Å². The fraction of sp³-hybridized carbons (Fsp3) is 0.0833. The highest BCUT2D eigenvalue weighted by Crippen LogP contribution is 2.17. The van der Waals surface area contributed by atoms with Crippen LogP contribution >= 0.6 is 11.8 Å². The first kappa shape index (κ1) is 11.4. The van der Waals surface area contributed by atoms with Crippen LogP contribution in [0, 0.1) is 12.3 Å². The minimum absolute atomic E-state index is 0.170. The Balaban J connectivity index is 2.34. The summed E-state index contributed by atoms with van der Waals surface area (Å²) in [5.74, 6) is 2.16. The Hall–Kier alpha value is -1.66. The van der Waals surface area contributed by atoms with Crippen LogP contribution in [0.25, 0.3) is 0 Å². The van der Waals surface area contributed by atoms with Crippen molar-refractivity contribution in [2.75, 3.05) is 6.54 Å². The molecule has 2 nitrogen and oxygen atoms in total. The van der Waals surface area contributed by atoms with E-state index in [1.165, 1.54) is 17.8 Å². The molecular weight excluding hydrogens is 206 g/mol. The predicted octanol–water partition coefficient (Wildman–Crippen LogP) is 2.04. The molecule has 0 fully saturated rings. The van der Waals surface area contributed by atoms with E-state index >= 15 is 0 Å². The van der Waals surface area contributed by atoms with Gasteiger partial charge in [0, 0.05) is 11.0 Å². The molecule has 0 saturated carbocycles. The first-order valence-electron chi connectivity index (χ1n) is 4.42. The molecule has 1 amide bonds. The second-order valence-corrected chi connectivity index (χ2v) is 3.63. The highest BCUT2D eigenvalue weighted by atomic mass is 32.2. The summed E-state index contributed by atoms with van der Waals surface area (Å²) in [6.07, 6.45) is 6.47. The Kier molecular flexibility index (Phi) is 5.13. The largest absolute Gasteiger partial charge is 0.342 e. The van der Waals surface area contributed by atoms with Gasteiger partial charge in [-0.25, -0.2) is 0 Å². The van der Waals surface area contributed by atoms with E-state index in [0.29, 0.717) is 0 Å². The maximum Gasteiger partial charge on any atom is 0.245 e. The summed E-state index contributed by atoms with van der Waals surface area (Å²) in [5, 5.41) is 4.28. The fourth-order valence-electron chi connectivity index (χ4n) is 0.871. The van der Waals surface area contributed by atoms with Crippen molar-refractivity contribution in [3.63, 3.8) is 0 Å². The molecule has 15 heavy (non-hydrogen) atoms. The zero-order valence-corrected chi connectivity index (χ0v) is 8.96. The molecule has 1 N–H and O–H groups in total. The van der Waals surface area contributed by atoms with E-state index in [2.05, 4.69) is 11.2 Å². The lowest BCUT2D eigenvalue weighted by molar-refractivity contribution is -0.116. The average Bonchev–Trinajstić information content (AvgIpc) is 2.28.